The molecule has 0 aromatic heterocycles. The molecule has 2 rings (SSSR count). The van der Waals surface area contributed by atoms with E-state index in [4.69, 9.17) is 5.26 Å². The van der Waals surface area contributed by atoms with Crippen LogP contribution in [0.2, 0.25) is 0 Å². The summed E-state index contributed by atoms with van der Waals surface area (Å²) in [6.07, 6.45) is 6.86. The van der Waals surface area contributed by atoms with Gasteiger partial charge in [0.05, 0.1) is 6.07 Å². The Bertz CT molecular complexity index is 437. The molecule has 0 spiro atoms. The van der Waals surface area contributed by atoms with Crippen LogP contribution in [0.3, 0.4) is 0 Å². The molecule has 108 valence electrons. The zero-order chi connectivity index (χ0) is 13.9. The predicted octanol–water partition coefficient (Wildman–Crippen LogP) is 1.87. The van der Waals surface area contributed by atoms with Gasteiger partial charge in [-0.15, -0.1) is 0 Å². The molecule has 0 amide bonds. The van der Waals surface area contributed by atoms with Gasteiger partial charge in [-0.25, -0.2) is 0 Å². The van der Waals surface area contributed by atoms with Gasteiger partial charge in [0.15, 0.2) is 0 Å². The summed E-state index contributed by atoms with van der Waals surface area (Å²) in [4.78, 5) is 0. The summed E-state index contributed by atoms with van der Waals surface area (Å²) in [7, 11) is -3.47. The highest BCUT2D eigenvalue weighted by molar-refractivity contribution is 7.86. The number of hydrogen-bond acceptors (Lipinski definition) is 3. The number of hydrogen-bond donors (Lipinski definition) is 0. The molecule has 1 unspecified atom stereocenters. The lowest BCUT2D eigenvalue weighted by Crippen LogP contribution is -2.52. The third-order valence-corrected chi connectivity index (χ3v) is 6.45. The van der Waals surface area contributed by atoms with E-state index in [1.54, 1.807) is 4.31 Å². The average molecular weight is 285 g/mol. The molecule has 1 aliphatic heterocycles. The van der Waals surface area contributed by atoms with Crippen molar-refractivity contribution in [2.75, 3.05) is 13.1 Å². The van der Waals surface area contributed by atoms with Crippen LogP contribution in [0.25, 0.3) is 0 Å². The molecule has 1 aliphatic carbocycles. The quantitative estimate of drug-likeness (QED) is 0.741. The van der Waals surface area contributed by atoms with E-state index < -0.39 is 10.2 Å². The van der Waals surface area contributed by atoms with E-state index in [0.29, 0.717) is 6.54 Å². The lowest BCUT2D eigenvalue weighted by Gasteiger charge is -2.37. The highest BCUT2D eigenvalue weighted by Crippen LogP contribution is 2.29. The van der Waals surface area contributed by atoms with Crippen LogP contribution in [0.1, 0.15) is 51.9 Å². The fourth-order valence-electron chi connectivity index (χ4n) is 3.21. The Kier molecular flexibility index (Phi) is 4.82. The van der Waals surface area contributed by atoms with Gasteiger partial charge in [0.25, 0.3) is 10.2 Å². The van der Waals surface area contributed by atoms with Crippen molar-refractivity contribution >= 4 is 10.2 Å². The zero-order valence-corrected chi connectivity index (χ0v) is 12.4. The van der Waals surface area contributed by atoms with Crippen molar-refractivity contribution < 1.29 is 8.42 Å². The molecule has 1 saturated heterocycles. The molecule has 19 heavy (non-hydrogen) atoms. The van der Waals surface area contributed by atoms with Gasteiger partial charge in [0, 0.05) is 18.6 Å². The Balaban J connectivity index is 2.20. The Morgan fingerprint density at radius 2 is 1.84 bits per heavy atom. The van der Waals surface area contributed by atoms with Crippen LogP contribution in [0.5, 0.6) is 0 Å². The van der Waals surface area contributed by atoms with Crippen molar-refractivity contribution in [1.29, 1.82) is 5.26 Å². The van der Waals surface area contributed by atoms with E-state index in [2.05, 4.69) is 0 Å². The van der Waals surface area contributed by atoms with Gasteiger partial charge < -0.3 is 0 Å². The molecule has 0 bridgehead atoms. The summed E-state index contributed by atoms with van der Waals surface area (Å²) < 4.78 is 28.6. The van der Waals surface area contributed by atoms with Crippen molar-refractivity contribution in [2.24, 2.45) is 0 Å². The van der Waals surface area contributed by atoms with Crippen LogP contribution in [0.15, 0.2) is 0 Å². The topological polar surface area (TPSA) is 64.4 Å². The van der Waals surface area contributed by atoms with E-state index >= 15 is 0 Å². The first-order valence-corrected chi connectivity index (χ1v) is 8.62. The summed E-state index contributed by atoms with van der Waals surface area (Å²) in [5.74, 6) is 0. The molecule has 2 aliphatic rings. The normalized spacial score (nSPS) is 26.7. The molecule has 0 aromatic carbocycles. The smallest absolute Gasteiger partial charge is 0.197 e. The minimum absolute atomic E-state index is 0.0176. The molecular formula is C13H23N3O2S. The van der Waals surface area contributed by atoms with Crippen LogP contribution in [0, 0.1) is 11.3 Å². The minimum Gasteiger partial charge on any atom is -0.197 e. The minimum atomic E-state index is -3.47. The number of rotatable bonds is 4. The summed E-state index contributed by atoms with van der Waals surface area (Å²) >= 11 is 0. The maximum absolute atomic E-state index is 12.8. The second kappa shape index (κ2) is 6.21. The van der Waals surface area contributed by atoms with E-state index in [0.717, 1.165) is 44.9 Å². The number of nitrogens with zero attached hydrogens (tertiary/aromatic N) is 3. The van der Waals surface area contributed by atoms with Crippen molar-refractivity contribution in [3.63, 3.8) is 0 Å². The molecule has 1 atom stereocenters. The predicted molar refractivity (Wildman–Crippen MR) is 73.5 cm³/mol. The molecule has 1 saturated carbocycles. The number of piperidine rings is 1. The summed E-state index contributed by atoms with van der Waals surface area (Å²) in [5, 5.41) is 8.95. The standard InChI is InChI=1S/C13H23N3O2S/c1-12-6-4-5-10-15(12)19(17,18)16(11-9-14)13-7-2-3-8-13/h12-13H,2-8,10-11H2,1H3. The Hall–Kier alpha value is -0.640. The fraction of sp³-hybridized carbons (Fsp3) is 0.923. The van der Waals surface area contributed by atoms with Gasteiger partial charge in [-0.3, -0.25) is 0 Å². The summed E-state index contributed by atoms with van der Waals surface area (Å²) in [6.45, 7) is 2.55. The molecule has 1 heterocycles. The first-order valence-electron chi connectivity index (χ1n) is 7.23. The van der Waals surface area contributed by atoms with Gasteiger partial charge in [0.2, 0.25) is 0 Å². The molecule has 2 fully saturated rings. The maximum Gasteiger partial charge on any atom is 0.283 e. The Morgan fingerprint density at radius 1 is 1.21 bits per heavy atom. The largest absolute Gasteiger partial charge is 0.283 e. The van der Waals surface area contributed by atoms with Crippen molar-refractivity contribution in [2.45, 2.75) is 64.0 Å². The molecule has 0 aromatic rings. The van der Waals surface area contributed by atoms with Crippen molar-refractivity contribution in [3.05, 3.63) is 0 Å². The Labute approximate surface area is 116 Å². The Morgan fingerprint density at radius 3 is 2.42 bits per heavy atom. The first kappa shape index (κ1) is 14.8. The van der Waals surface area contributed by atoms with Crippen LogP contribution in [0.4, 0.5) is 0 Å². The second-order valence-electron chi connectivity index (χ2n) is 5.60. The van der Waals surface area contributed by atoms with Gasteiger partial charge in [-0.1, -0.05) is 19.3 Å². The molecule has 0 radical (unpaired) electrons. The monoisotopic (exact) mass is 285 g/mol. The van der Waals surface area contributed by atoms with E-state index in [1.165, 1.54) is 4.31 Å². The van der Waals surface area contributed by atoms with E-state index in [1.807, 2.05) is 13.0 Å². The van der Waals surface area contributed by atoms with Crippen LogP contribution >= 0.6 is 0 Å². The van der Waals surface area contributed by atoms with Gasteiger partial charge in [-0.2, -0.15) is 22.3 Å². The van der Waals surface area contributed by atoms with Crippen LogP contribution < -0.4 is 0 Å². The first-order chi connectivity index (χ1) is 9.07. The molecule has 0 N–H and O–H groups in total. The lowest BCUT2D eigenvalue weighted by atomic mass is 10.1. The summed E-state index contributed by atoms with van der Waals surface area (Å²) in [5.41, 5.74) is 0. The van der Waals surface area contributed by atoms with Gasteiger partial charge in [0.1, 0.15) is 6.54 Å². The third-order valence-electron chi connectivity index (χ3n) is 4.29. The lowest BCUT2D eigenvalue weighted by molar-refractivity contribution is 0.234. The highest BCUT2D eigenvalue weighted by Gasteiger charge is 2.38. The van der Waals surface area contributed by atoms with Crippen LogP contribution in [-0.4, -0.2) is 42.2 Å². The number of nitriles is 1. The maximum atomic E-state index is 12.8. The SMILES string of the molecule is CC1CCCCN1S(=O)(=O)N(CC#N)C1CCCC1. The second-order valence-corrected chi connectivity index (χ2v) is 7.44. The summed E-state index contributed by atoms with van der Waals surface area (Å²) in [6, 6.07) is 2.11. The van der Waals surface area contributed by atoms with Crippen molar-refractivity contribution in [1.82, 2.24) is 8.61 Å². The van der Waals surface area contributed by atoms with Crippen LogP contribution in [-0.2, 0) is 10.2 Å². The van der Waals surface area contributed by atoms with Crippen molar-refractivity contribution in [3.8, 4) is 6.07 Å². The zero-order valence-electron chi connectivity index (χ0n) is 11.6. The highest BCUT2D eigenvalue weighted by atomic mass is 32.2. The fourth-order valence-corrected chi connectivity index (χ4v) is 5.21. The molecule has 6 heteroatoms. The van der Waals surface area contributed by atoms with Gasteiger partial charge in [-0.05, 0) is 32.6 Å². The van der Waals surface area contributed by atoms with E-state index in [9.17, 15) is 8.42 Å². The molecular weight excluding hydrogens is 262 g/mol. The molecule has 5 nitrogen and oxygen atoms in total. The third kappa shape index (κ3) is 3.10. The van der Waals surface area contributed by atoms with E-state index in [-0.39, 0.29) is 18.6 Å². The average Bonchev–Trinajstić information content (AvgIpc) is 2.89. The van der Waals surface area contributed by atoms with Gasteiger partial charge >= 0.3 is 0 Å².